The Hall–Kier alpha value is -2.34. The first-order chi connectivity index (χ1) is 9.79. The first-order valence-corrected chi connectivity index (χ1v) is 7.79. The molecule has 0 saturated carbocycles. The topological polar surface area (TPSA) is 91.7 Å². The molecule has 6 heteroatoms. The number of carbonyl (C=O) groups is 1. The molecular formula is C15H14O5S. The van der Waals surface area contributed by atoms with Gasteiger partial charge >= 0.3 is 5.97 Å². The summed E-state index contributed by atoms with van der Waals surface area (Å²) >= 11 is 0. The first-order valence-electron chi connectivity index (χ1n) is 6.14. The van der Waals surface area contributed by atoms with Crippen molar-refractivity contribution >= 4 is 15.8 Å². The van der Waals surface area contributed by atoms with Crippen molar-refractivity contribution in [2.24, 2.45) is 0 Å². The summed E-state index contributed by atoms with van der Waals surface area (Å²) in [7, 11) is -3.66. The molecule has 0 atom stereocenters. The molecular weight excluding hydrogens is 292 g/mol. The highest BCUT2D eigenvalue weighted by Gasteiger charge is 2.19. The number of benzene rings is 2. The van der Waals surface area contributed by atoms with Gasteiger partial charge < -0.3 is 10.2 Å². The van der Waals surface area contributed by atoms with Crippen LogP contribution in [0.4, 0.5) is 0 Å². The van der Waals surface area contributed by atoms with Crippen LogP contribution in [-0.2, 0) is 15.6 Å². The molecule has 0 aliphatic heterocycles. The maximum atomic E-state index is 12.4. The highest BCUT2D eigenvalue weighted by Crippen LogP contribution is 2.22. The lowest BCUT2D eigenvalue weighted by Gasteiger charge is -2.09. The molecule has 110 valence electrons. The number of sulfone groups is 1. The number of aryl methyl sites for hydroxylation is 1. The number of hydrogen-bond donors (Lipinski definition) is 2. The zero-order valence-electron chi connectivity index (χ0n) is 11.3. The molecule has 0 bridgehead atoms. The van der Waals surface area contributed by atoms with E-state index in [9.17, 15) is 18.3 Å². The molecule has 2 rings (SSSR count). The summed E-state index contributed by atoms with van der Waals surface area (Å²) in [6, 6.07) is 9.88. The monoisotopic (exact) mass is 306 g/mol. The number of aromatic carboxylic acids is 1. The minimum absolute atomic E-state index is 0.00970. The van der Waals surface area contributed by atoms with E-state index in [-0.39, 0.29) is 22.0 Å². The summed E-state index contributed by atoms with van der Waals surface area (Å²) in [4.78, 5) is 11.0. The molecule has 2 aromatic rings. The SMILES string of the molecule is Cc1ccc(C(=O)O)cc1S(=O)(=O)Cc1ccc(O)cc1. The quantitative estimate of drug-likeness (QED) is 0.904. The second-order valence-electron chi connectivity index (χ2n) is 4.71. The molecule has 5 nitrogen and oxygen atoms in total. The fourth-order valence-corrected chi connectivity index (χ4v) is 3.61. The van der Waals surface area contributed by atoms with E-state index in [1.165, 1.54) is 42.5 Å². The van der Waals surface area contributed by atoms with Gasteiger partial charge in [-0.1, -0.05) is 18.2 Å². The van der Waals surface area contributed by atoms with Gasteiger partial charge in [-0.05, 0) is 42.3 Å². The van der Waals surface area contributed by atoms with E-state index in [1.54, 1.807) is 6.92 Å². The lowest BCUT2D eigenvalue weighted by atomic mass is 10.1. The van der Waals surface area contributed by atoms with Gasteiger partial charge in [0.05, 0.1) is 16.2 Å². The molecule has 0 aromatic heterocycles. The van der Waals surface area contributed by atoms with Gasteiger partial charge in [0.1, 0.15) is 5.75 Å². The van der Waals surface area contributed by atoms with Crippen molar-refractivity contribution in [1.29, 1.82) is 0 Å². The van der Waals surface area contributed by atoms with Crippen LogP contribution >= 0.6 is 0 Å². The average molecular weight is 306 g/mol. The summed E-state index contributed by atoms with van der Waals surface area (Å²) in [5.41, 5.74) is 0.955. The lowest BCUT2D eigenvalue weighted by molar-refractivity contribution is 0.0696. The molecule has 0 amide bonds. The van der Waals surface area contributed by atoms with Crippen molar-refractivity contribution in [3.63, 3.8) is 0 Å². The van der Waals surface area contributed by atoms with E-state index >= 15 is 0 Å². The Morgan fingerprint density at radius 1 is 1.10 bits per heavy atom. The Kier molecular flexibility index (Phi) is 3.99. The van der Waals surface area contributed by atoms with E-state index < -0.39 is 15.8 Å². The standard InChI is InChI=1S/C15H14O5S/c1-10-2-5-12(15(17)18)8-14(10)21(19,20)9-11-3-6-13(16)7-4-11/h2-8,16H,9H2,1H3,(H,17,18). The second kappa shape index (κ2) is 5.57. The molecule has 2 aromatic carbocycles. The summed E-state index contributed by atoms with van der Waals surface area (Å²) in [6.45, 7) is 1.62. The van der Waals surface area contributed by atoms with E-state index in [0.717, 1.165) is 0 Å². The Bertz CT molecular complexity index is 776. The molecule has 21 heavy (non-hydrogen) atoms. The van der Waals surface area contributed by atoms with Gasteiger partial charge in [-0.2, -0.15) is 0 Å². The van der Waals surface area contributed by atoms with E-state index in [2.05, 4.69) is 0 Å². The molecule has 0 unspecified atom stereocenters. The maximum absolute atomic E-state index is 12.4. The Labute approximate surface area is 122 Å². The number of aromatic hydroxyl groups is 1. The van der Waals surface area contributed by atoms with Gasteiger partial charge in [0, 0.05) is 0 Å². The van der Waals surface area contributed by atoms with Crippen molar-refractivity contribution in [2.75, 3.05) is 0 Å². The Balaban J connectivity index is 2.41. The summed E-state index contributed by atoms with van der Waals surface area (Å²) in [5, 5.41) is 18.2. The van der Waals surface area contributed by atoms with Gasteiger partial charge in [0.2, 0.25) is 0 Å². The molecule has 0 spiro atoms. The first kappa shape index (κ1) is 15.1. The smallest absolute Gasteiger partial charge is 0.335 e. The van der Waals surface area contributed by atoms with Gasteiger partial charge in [0.25, 0.3) is 0 Å². The third-order valence-electron chi connectivity index (χ3n) is 3.06. The van der Waals surface area contributed by atoms with Gasteiger partial charge in [-0.15, -0.1) is 0 Å². The normalized spacial score (nSPS) is 11.3. The zero-order chi connectivity index (χ0) is 15.6. The number of hydrogen-bond acceptors (Lipinski definition) is 4. The molecule has 0 fully saturated rings. The zero-order valence-corrected chi connectivity index (χ0v) is 12.1. The molecule has 0 aliphatic carbocycles. The molecule has 2 N–H and O–H groups in total. The fourth-order valence-electron chi connectivity index (χ4n) is 1.96. The van der Waals surface area contributed by atoms with Crippen LogP contribution < -0.4 is 0 Å². The molecule has 0 heterocycles. The van der Waals surface area contributed by atoms with Crippen LogP contribution in [0.5, 0.6) is 5.75 Å². The lowest BCUT2D eigenvalue weighted by Crippen LogP contribution is -2.08. The second-order valence-corrected chi connectivity index (χ2v) is 6.67. The fraction of sp³-hybridized carbons (Fsp3) is 0.133. The molecule has 0 saturated heterocycles. The number of phenolic OH excluding ortho intramolecular Hbond substituents is 1. The van der Waals surface area contributed by atoms with Gasteiger partial charge in [-0.3, -0.25) is 0 Å². The number of rotatable bonds is 4. The van der Waals surface area contributed by atoms with Crippen LogP contribution in [0.2, 0.25) is 0 Å². The average Bonchev–Trinajstić information content (AvgIpc) is 2.41. The molecule has 0 radical (unpaired) electrons. The minimum atomic E-state index is -3.66. The van der Waals surface area contributed by atoms with Crippen LogP contribution in [0.3, 0.4) is 0 Å². The maximum Gasteiger partial charge on any atom is 0.335 e. The van der Waals surface area contributed by atoms with Crippen LogP contribution in [0.1, 0.15) is 21.5 Å². The number of carboxylic acids is 1. The van der Waals surface area contributed by atoms with Crippen LogP contribution in [0, 0.1) is 6.92 Å². The van der Waals surface area contributed by atoms with Crippen LogP contribution in [0.15, 0.2) is 47.4 Å². The van der Waals surface area contributed by atoms with E-state index in [1.807, 2.05) is 0 Å². The van der Waals surface area contributed by atoms with Crippen molar-refractivity contribution in [1.82, 2.24) is 0 Å². The highest BCUT2D eigenvalue weighted by molar-refractivity contribution is 7.90. The molecule has 0 aliphatic rings. The van der Waals surface area contributed by atoms with E-state index in [4.69, 9.17) is 5.11 Å². The predicted octanol–water partition coefficient (Wildman–Crippen LogP) is 2.37. The van der Waals surface area contributed by atoms with E-state index in [0.29, 0.717) is 11.1 Å². The summed E-state index contributed by atoms with van der Waals surface area (Å²) < 4.78 is 24.9. The van der Waals surface area contributed by atoms with Crippen molar-refractivity contribution in [2.45, 2.75) is 17.6 Å². The summed E-state index contributed by atoms with van der Waals surface area (Å²) in [5.74, 6) is -1.37. The van der Waals surface area contributed by atoms with Gasteiger partial charge in [0.15, 0.2) is 9.84 Å². The third kappa shape index (κ3) is 3.41. The number of carboxylic acid groups (broad SMARTS) is 1. The Morgan fingerprint density at radius 2 is 1.71 bits per heavy atom. The van der Waals surface area contributed by atoms with Crippen molar-refractivity contribution in [3.05, 3.63) is 59.2 Å². The summed E-state index contributed by atoms with van der Waals surface area (Å²) in [6.07, 6.45) is 0. The van der Waals surface area contributed by atoms with Crippen molar-refractivity contribution in [3.8, 4) is 5.75 Å². The van der Waals surface area contributed by atoms with Crippen molar-refractivity contribution < 1.29 is 23.4 Å². The minimum Gasteiger partial charge on any atom is -0.508 e. The Morgan fingerprint density at radius 3 is 2.29 bits per heavy atom. The van der Waals surface area contributed by atoms with Crippen LogP contribution in [-0.4, -0.2) is 24.6 Å². The third-order valence-corrected chi connectivity index (χ3v) is 4.89. The predicted molar refractivity (Wildman–Crippen MR) is 77.1 cm³/mol. The number of phenols is 1. The highest BCUT2D eigenvalue weighted by atomic mass is 32.2. The largest absolute Gasteiger partial charge is 0.508 e. The van der Waals surface area contributed by atoms with Gasteiger partial charge in [-0.25, -0.2) is 13.2 Å². The van der Waals surface area contributed by atoms with Crippen LogP contribution in [0.25, 0.3) is 0 Å².